The molecule has 0 bridgehead atoms. The van der Waals surface area contributed by atoms with Crippen molar-refractivity contribution in [3.8, 4) is 0 Å². The monoisotopic (exact) mass is 476 g/mol. The fraction of sp³-hybridized carbons (Fsp3) is 0.478. The van der Waals surface area contributed by atoms with Gasteiger partial charge in [0.2, 0.25) is 5.91 Å². The Kier molecular flexibility index (Phi) is 10.3. The minimum atomic E-state index is -0.224. The molecule has 9 nitrogen and oxygen atoms in total. The zero-order valence-electron chi connectivity index (χ0n) is 19.9. The molecule has 1 unspecified atom stereocenters. The molecule has 3 amide bonds. The molecule has 0 spiro atoms. The number of anilines is 2. The second kappa shape index (κ2) is 13.0. The summed E-state index contributed by atoms with van der Waals surface area (Å²) in [5.74, 6) is 0.597. The van der Waals surface area contributed by atoms with E-state index in [1.165, 1.54) is 13.3 Å². The van der Waals surface area contributed by atoms with Crippen LogP contribution in [-0.2, 0) is 16.0 Å². The largest absolute Gasteiger partial charge is 0.378 e. The second-order valence-electron chi connectivity index (χ2n) is 7.73. The van der Waals surface area contributed by atoms with Crippen LogP contribution in [0.25, 0.3) is 0 Å². The quantitative estimate of drug-likeness (QED) is 0.478. The number of hydrogen-bond acceptors (Lipinski definition) is 6. The summed E-state index contributed by atoms with van der Waals surface area (Å²) in [5, 5.41) is 6.72. The van der Waals surface area contributed by atoms with Crippen molar-refractivity contribution in [2.24, 2.45) is 0 Å². The van der Waals surface area contributed by atoms with E-state index in [0.29, 0.717) is 42.8 Å². The van der Waals surface area contributed by atoms with Crippen LogP contribution in [0.5, 0.6) is 0 Å². The molecule has 0 aliphatic heterocycles. The number of aryl methyl sites for hydroxylation is 1. The van der Waals surface area contributed by atoms with Gasteiger partial charge in [-0.2, -0.15) is 0 Å². The van der Waals surface area contributed by atoms with Gasteiger partial charge in [-0.05, 0) is 31.0 Å². The highest BCUT2D eigenvalue weighted by Gasteiger charge is 2.13. The number of halogens is 1. The van der Waals surface area contributed by atoms with Gasteiger partial charge in [-0.3, -0.25) is 4.79 Å². The maximum atomic E-state index is 12.4. The first-order chi connectivity index (χ1) is 15.7. The zero-order chi connectivity index (χ0) is 24.4. The molecule has 0 aliphatic carbocycles. The maximum Gasteiger partial charge on any atom is 0.321 e. The first kappa shape index (κ1) is 26.3. The third-order valence-electron chi connectivity index (χ3n) is 5.24. The summed E-state index contributed by atoms with van der Waals surface area (Å²) < 4.78 is 5.50. The normalized spacial score (nSPS) is 11.6. The van der Waals surface area contributed by atoms with Gasteiger partial charge in [0.25, 0.3) is 0 Å². The number of carbonyl (C=O) groups excluding carboxylic acids is 2. The molecule has 2 aromatic rings. The molecule has 180 valence electrons. The number of benzene rings is 1. The highest BCUT2D eigenvalue weighted by atomic mass is 35.5. The van der Waals surface area contributed by atoms with Crippen LogP contribution in [0.2, 0.25) is 5.02 Å². The summed E-state index contributed by atoms with van der Waals surface area (Å²) in [6, 6.07) is 7.33. The minimum Gasteiger partial charge on any atom is -0.378 e. The smallest absolute Gasteiger partial charge is 0.321 e. The summed E-state index contributed by atoms with van der Waals surface area (Å²) in [6.07, 6.45) is 2.24. The number of carbonyl (C=O) groups is 2. The molecule has 2 N–H and O–H groups in total. The lowest BCUT2D eigenvalue weighted by Gasteiger charge is -2.20. The van der Waals surface area contributed by atoms with Crippen molar-refractivity contribution in [1.82, 2.24) is 19.8 Å². The fourth-order valence-electron chi connectivity index (χ4n) is 2.88. The van der Waals surface area contributed by atoms with E-state index in [-0.39, 0.29) is 18.0 Å². The molecule has 0 aliphatic rings. The third-order valence-corrected chi connectivity index (χ3v) is 5.64. The molecular formula is C23H33ClN6O3. The molecular weight excluding hydrogens is 444 g/mol. The first-order valence-electron chi connectivity index (χ1n) is 10.9. The SMILES string of the molecule is CCc1ncnc(NC(C)c2ccc(NC(=O)N(C)CCOCCN(C)C(C)=O)cc2)c1Cl. The van der Waals surface area contributed by atoms with Crippen molar-refractivity contribution in [2.75, 3.05) is 51.0 Å². The number of nitrogens with zero attached hydrogens (tertiary/aromatic N) is 4. The van der Waals surface area contributed by atoms with E-state index in [4.69, 9.17) is 16.3 Å². The van der Waals surface area contributed by atoms with E-state index in [1.807, 2.05) is 38.1 Å². The van der Waals surface area contributed by atoms with Crippen LogP contribution < -0.4 is 10.6 Å². The summed E-state index contributed by atoms with van der Waals surface area (Å²) >= 11 is 6.37. The number of hydrogen-bond donors (Lipinski definition) is 2. The lowest BCUT2D eigenvalue weighted by Crippen LogP contribution is -2.34. The van der Waals surface area contributed by atoms with E-state index < -0.39 is 0 Å². The number of aromatic nitrogens is 2. The Hall–Kier alpha value is -2.91. The fourth-order valence-corrected chi connectivity index (χ4v) is 3.17. The van der Waals surface area contributed by atoms with Crippen LogP contribution in [0.1, 0.15) is 38.1 Å². The summed E-state index contributed by atoms with van der Waals surface area (Å²) in [6.45, 7) is 7.30. The summed E-state index contributed by atoms with van der Waals surface area (Å²) in [4.78, 5) is 35.1. The lowest BCUT2D eigenvalue weighted by molar-refractivity contribution is -0.128. The number of ether oxygens (including phenoxy) is 1. The average molecular weight is 477 g/mol. The third kappa shape index (κ3) is 8.18. The standard InChI is InChI=1S/C23H33ClN6O3/c1-6-20-21(24)22(26-15-25-20)27-16(2)18-7-9-19(10-8-18)28-23(32)30(5)12-14-33-13-11-29(4)17(3)31/h7-10,15-16H,6,11-14H2,1-5H3,(H,28,32)(H,25,26,27). The van der Waals surface area contributed by atoms with E-state index >= 15 is 0 Å². The highest BCUT2D eigenvalue weighted by Crippen LogP contribution is 2.26. The molecule has 0 saturated carbocycles. The molecule has 1 atom stereocenters. The van der Waals surface area contributed by atoms with Crippen LogP contribution in [0.4, 0.5) is 16.3 Å². The molecule has 10 heteroatoms. The molecule has 2 rings (SSSR count). The Labute approximate surface area is 200 Å². The van der Waals surface area contributed by atoms with Gasteiger partial charge in [0.15, 0.2) is 0 Å². The van der Waals surface area contributed by atoms with Crippen LogP contribution in [-0.4, -0.2) is 72.1 Å². The Morgan fingerprint density at radius 2 is 1.73 bits per heavy atom. The molecule has 1 aromatic heterocycles. The second-order valence-corrected chi connectivity index (χ2v) is 8.11. The predicted octanol–water partition coefficient (Wildman–Crippen LogP) is 3.82. The van der Waals surface area contributed by atoms with Gasteiger partial charge >= 0.3 is 6.03 Å². The van der Waals surface area contributed by atoms with Crippen molar-refractivity contribution in [3.05, 3.63) is 46.9 Å². The van der Waals surface area contributed by atoms with Crippen LogP contribution in [0.3, 0.4) is 0 Å². The van der Waals surface area contributed by atoms with Crippen molar-refractivity contribution < 1.29 is 14.3 Å². The van der Waals surface area contributed by atoms with Crippen molar-refractivity contribution in [2.45, 2.75) is 33.2 Å². The van der Waals surface area contributed by atoms with Gasteiger partial charge in [-0.25, -0.2) is 14.8 Å². The number of urea groups is 1. The molecule has 0 saturated heterocycles. The minimum absolute atomic E-state index is 0.00486. The van der Waals surface area contributed by atoms with Crippen molar-refractivity contribution in [3.63, 3.8) is 0 Å². The molecule has 0 radical (unpaired) electrons. The van der Waals surface area contributed by atoms with E-state index in [0.717, 1.165) is 17.7 Å². The van der Waals surface area contributed by atoms with Gasteiger partial charge in [0.05, 0.1) is 18.9 Å². The molecule has 1 heterocycles. The summed E-state index contributed by atoms with van der Waals surface area (Å²) in [7, 11) is 3.43. The number of amides is 3. The zero-order valence-corrected chi connectivity index (χ0v) is 20.6. The Morgan fingerprint density at radius 1 is 1.09 bits per heavy atom. The number of nitrogens with one attached hydrogen (secondary N) is 2. The number of rotatable bonds is 11. The number of likely N-dealkylation sites (N-methyl/N-ethyl adjacent to an activating group) is 2. The first-order valence-corrected chi connectivity index (χ1v) is 11.3. The molecule has 1 aromatic carbocycles. The van der Waals surface area contributed by atoms with Crippen molar-refractivity contribution in [1.29, 1.82) is 0 Å². The van der Waals surface area contributed by atoms with Gasteiger partial charge in [0, 0.05) is 45.8 Å². The van der Waals surface area contributed by atoms with Crippen molar-refractivity contribution >= 4 is 35.0 Å². The van der Waals surface area contributed by atoms with Gasteiger partial charge < -0.3 is 25.2 Å². The van der Waals surface area contributed by atoms with E-state index in [2.05, 4.69) is 20.6 Å². The van der Waals surface area contributed by atoms with Crippen LogP contribution >= 0.6 is 11.6 Å². The van der Waals surface area contributed by atoms with Gasteiger partial charge in [0.1, 0.15) is 17.2 Å². The van der Waals surface area contributed by atoms with E-state index in [1.54, 1.807) is 23.9 Å². The van der Waals surface area contributed by atoms with Gasteiger partial charge in [-0.1, -0.05) is 30.7 Å². The van der Waals surface area contributed by atoms with Crippen LogP contribution in [0.15, 0.2) is 30.6 Å². The maximum absolute atomic E-state index is 12.4. The summed E-state index contributed by atoms with van der Waals surface area (Å²) in [5.41, 5.74) is 2.52. The van der Waals surface area contributed by atoms with E-state index in [9.17, 15) is 9.59 Å². The predicted molar refractivity (Wildman–Crippen MR) is 131 cm³/mol. The topological polar surface area (TPSA) is 99.7 Å². The molecule has 0 fully saturated rings. The highest BCUT2D eigenvalue weighted by molar-refractivity contribution is 6.33. The molecule has 33 heavy (non-hydrogen) atoms. The van der Waals surface area contributed by atoms with Gasteiger partial charge in [-0.15, -0.1) is 0 Å². The lowest BCUT2D eigenvalue weighted by atomic mass is 10.1. The Balaban J connectivity index is 1.81. The van der Waals surface area contributed by atoms with Crippen LogP contribution in [0, 0.1) is 0 Å². The Bertz CT molecular complexity index is 925. The Morgan fingerprint density at radius 3 is 2.33 bits per heavy atom. The average Bonchev–Trinajstić information content (AvgIpc) is 2.80.